The molecule has 2 aromatic carbocycles. The summed E-state index contributed by atoms with van der Waals surface area (Å²) in [6.45, 7) is 3.63. The molecule has 0 unspecified atom stereocenters. The number of hydrogen-bond donors (Lipinski definition) is 1. The number of nitrogens with zero attached hydrogens (tertiary/aromatic N) is 3. The molecule has 168 valence electrons. The van der Waals surface area contributed by atoms with E-state index in [0.29, 0.717) is 53.4 Å². The van der Waals surface area contributed by atoms with Gasteiger partial charge in [-0.05, 0) is 42.5 Å². The van der Waals surface area contributed by atoms with Gasteiger partial charge in [0.1, 0.15) is 5.58 Å². The maximum absolute atomic E-state index is 12.8. The highest BCUT2D eigenvalue weighted by Gasteiger charge is 2.15. The van der Waals surface area contributed by atoms with Crippen LogP contribution in [-0.2, 0) is 4.74 Å². The first-order valence-electron chi connectivity index (χ1n) is 10.5. The molecule has 2 aromatic heterocycles. The van der Waals surface area contributed by atoms with Crippen molar-refractivity contribution in [2.75, 3.05) is 38.3 Å². The zero-order valence-electron chi connectivity index (χ0n) is 17.6. The lowest BCUT2D eigenvalue weighted by Gasteiger charge is -2.26. The zero-order chi connectivity index (χ0) is 22.8. The van der Waals surface area contributed by atoms with E-state index in [0.717, 1.165) is 28.5 Å². The van der Waals surface area contributed by atoms with Gasteiger partial charge in [0.15, 0.2) is 0 Å². The Morgan fingerprint density at radius 1 is 1.03 bits per heavy atom. The smallest absolute Gasteiger partial charge is 0.345 e. The van der Waals surface area contributed by atoms with Gasteiger partial charge in [0, 0.05) is 33.5 Å². The number of aromatic nitrogens is 2. The van der Waals surface area contributed by atoms with Crippen LogP contribution >= 0.6 is 27.5 Å². The standard InChI is InChI=1S/C24H20BrClN4O3/c25-17-4-5-22-16(10-17)12-19(23(31)33-22)21-13-20(15-2-1-3-18(26)11-15)28-24(29-21)27-14-30-6-8-32-9-7-30/h1-5,10-13H,6-9,14H2,(H,27,28,29). The third-order valence-electron chi connectivity index (χ3n) is 5.38. The number of halogens is 2. The highest BCUT2D eigenvalue weighted by Crippen LogP contribution is 2.28. The Morgan fingerprint density at radius 3 is 2.67 bits per heavy atom. The summed E-state index contributed by atoms with van der Waals surface area (Å²) in [6, 6.07) is 16.5. The number of rotatable bonds is 5. The third-order valence-corrected chi connectivity index (χ3v) is 6.11. The molecule has 7 nitrogen and oxygen atoms in total. The first-order chi connectivity index (χ1) is 16.0. The van der Waals surface area contributed by atoms with Gasteiger partial charge in [-0.2, -0.15) is 0 Å². The second kappa shape index (κ2) is 9.61. The second-order valence-corrected chi connectivity index (χ2v) is 9.02. The summed E-state index contributed by atoms with van der Waals surface area (Å²) in [4.78, 5) is 24.4. The van der Waals surface area contributed by atoms with Crippen LogP contribution < -0.4 is 10.9 Å². The molecule has 1 fully saturated rings. The number of morpholine rings is 1. The number of hydrogen-bond acceptors (Lipinski definition) is 7. The van der Waals surface area contributed by atoms with Crippen LogP contribution in [0.3, 0.4) is 0 Å². The Bertz CT molecular complexity index is 1370. The van der Waals surface area contributed by atoms with Crippen molar-refractivity contribution in [2.45, 2.75) is 0 Å². The third kappa shape index (κ3) is 5.09. The van der Waals surface area contributed by atoms with Gasteiger partial charge in [0.05, 0.1) is 36.8 Å². The van der Waals surface area contributed by atoms with Crippen LogP contribution in [0.15, 0.2) is 68.3 Å². The largest absolute Gasteiger partial charge is 0.422 e. The topological polar surface area (TPSA) is 80.5 Å². The van der Waals surface area contributed by atoms with E-state index in [9.17, 15) is 4.79 Å². The van der Waals surface area contributed by atoms with E-state index in [4.69, 9.17) is 20.8 Å². The fraction of sp³-hybridized carbons (Fsp3) is 0.208. The average Bonchev–Trinajstić information content (AvgIpc) is 2.83. The SMILES string of the molecule is O=c1oc2ccc(Br)cc2cc1-c1cc(-c2cccc(Cl)c2)nc(NCN2CCOCC2)n1. The maximum Gasteiger partial charge on any atom is 0.345 e. The summed E-state index contributed by atoms with van der Waals surface area (Å²) in [5.74, 6) is 0.419. The molecule has 0 radical (unpaired) electrons. The van der Waals surface area contributed by atoms with E-state index in [1.165, 1.54) is 0 Å². The van der Waals surface area contributed by atoms with Crippen molar-refractivity contribution in [2.24, 2.45) is 0 Å². The quantitative estimate of drug-likeness (QED) is 0.364. The van der Waals surface area contributed by atoms with Crippen LogP contribution in [0.1, 0.15) is 0 Å². The Morgan fingerprint density at radius 2 is 1.85 bits per heavy atom. The Balaban J connectivity index is 1.58. The number of benzene rings is 2. The van der Waals surface area contributed by atoms with Gasteiger partial charge < -0.3 is 14.5 Å². The first kappa shape index (κ1) is 22.0. The predicted octanol–water partition coefficient (Wildman–Crippen LogP) is 5.03. The molecule has 0 aliphatic carbocycles. The minimum absolute atomic E-state index is 0.362. The molecule has 1 aliphatic heterocycles. The molecule has 1 saturated heterocycles. The highest BCUT2D eigenvalue weighted by molar-refractivity contribution is 9.10. The van der Waals surface area contributed by atoms with Crippen molar-refractivity contribution >= 4 is 44.4 Å². The van der Waals surface area contributed by atoms with Crippen molar-refractivity contribution in [3.63, 3.8) is 0 Å². The first-order valence-corrected chi connectivity index (χ1v) is 11.6. The molecule has 0 atom stereocenters. The van der Waals surface area contributed by atoms with E-state index in [-0.39, 0.29) is 0 Å². The van der Waals surface area contributed by atoms with Crippen molar-refractivity contribution in [1.29, 1.82) is 0 Å². The van der Waals surface area contributed by atoms with Crippen LogP contribution in [0, 0.1) is 0 Å². The van der Waals surface area contributed by atoms with Gasteiger partial charge in [-0.3, -0.25) is 4.90 Å². The molecule has 0 amide bonds. The minimum atomic E-state index is -0.459. The molecule has 9 heteroatoms. The van der Waals surface area contributed by atoms with Gasteiger partial charge in [-0.25, -0.2) is 14.8 Å². The van der Waals surface area contributed by atoms with Gasteiger partial charge in [-0.15, -0.1) is 0 Å². The number of nitrogens with one attached hydrogen (secondary N) is 1. The lowest BCUT2D eigenvalue weighted by atomic mass is 10.1. The molecular formula is C24H20BrClN4O3. The Kier molecular flexibility index (Phi) is 6.41. The van der Waals surface area contributed by atoms with E-state index in [1.807, 2.05) is 30.3 Å². The van der Waals surface area contributed by atoms with Crippen molar-refractivity contribution in [3.05, 3.63) is 74.5 Å². The molecule has 0 saturated carbocycles. The lowest BCUT2D eigenvalue weighted by Crippen LogP contribution is -2.39. The molecule has 33 heavy (non-hydrogen) atoms. The van der Waals surface area contributed by atoms with Crippen molar-refractivity contribution in [1.82, 2.24) is 14.9 Å². The van der Waals surface area contributed by atoms with Crippen molar-refractivity contribution < 1.29 is 9.15 Å². The monoisotopic (exact) mass is 526 g/mol. The number of fused-ring (bicyclic) bond motifs is 1. The van der Waals surface area contributed by atoms with Crippen LogP contribution in [0.2, 0.25) is 5.02 Å². The fourth-order valence-electron chi connectivity index (χ4n) is 3.67. The molecule has 0 spiro atoms. The summed E-state index contributed by atoms with van der Waals surface area (Å²) in [6.07, 6.45) is 0. The van der Waals surface area contributed by atoms with E-state index >= 15 is 0 Å². The van der Waals surface area contributed by atoms with Crippen molar-refractivity contribution in [3.8, 4) is 22.5 Å². The molecule has 5 rings (SSSR count). The van der Waals surface area contributed by atoms with Gasteiger partial charge in [0.25, 0.3) is 0 Å². The molecular weight excluding hydrogens is 508 g/mol. The fourth-order valence-corrected chi connectivity index (χ4v) is 4.24. The second-order valence-electron chi connectivity index (χ2n) is 7.67. The predicted molar refractivity (Wildman–Crippen MR) is 133 cm³/mol. The summed E-state index contributed by atoms with van der Waals surface area (Å²) < 4.78 is 11.9. The lowest BCUT2D eigenvalue weighted by molar-refractivity contribution is 0.0414. The summed E-state index contributed by atoms with van der Waals surface area (Å²) in [7, 11) is 0. The number of anilines is 1. The summed E-state index contributed by atoms with van der Waals surface area (Å²) in [5, 5.41) is 4.69. The van der Waals surface area contributed by atoms with Crippen LogP contribution in [0.4, 0.5) is 5.95 Å². The number of ether oxygens (including phenoxy) is 1. The van der Waals surface area contributed by atoms with E-state index in [2.05, 4.69) is 36.1 Å². The Labute approximate surface area is 203 Å². The summed E-state index contributed by atoms with van der Waals surface area (Å²) >= 11 is 9.68. The Hall–Kier alpha value is -2.78. The van der Waals surface area contributed by atoms with Gasteiger partial charge >= 0.3 is 5.63 Å². The van der Waals surface area contributed by atoms with Gasteiger partial charge in [-0.1, -0.05) is 39.7 Å². The molecule has 3 heterocycles. The molecule has 1 N–H and O–H groups in total. The van der Waals surface area contributed by atoms with Gasteiger partial charge in [0.2, 0.25) is 5.95 Å². The van der Waals surface area contributed by atoms with Crippen LogP contribution in [0.5, 0.6) is 0 Å². The molecule has 1 aliphatic rings. The van der Waals surface area contributed by atoms with E-state index in [1.54, 1.807) is 24.3 Å². The average molecular weight is 528 g/mol. The van der Waals surface area contributed by atoms with Crippen LogP contribution in [0.25, 0.3) is 33.5 Å². The van der Waals surface area contributed by atoms with E-state index < -0.39 is 5.63 Å². The normalized spacial score (nSPS) is 14.5. The van der Waals surface area contributed by atoms with Crippen LogP contribution in [-0.4, -0.2) is 47.8 Å². The zero-order valence-corrected chi connectivity index (χ0v) is 19.9. The summed E-state index contributed by atoms with van der Waals surface area (Å²) in [5.41, 5.74) is 2.37. The highest BCUT2D eigenvalue weighted by atomic mass is 79.9. The molecule has 4 aromatic rings. The minimum Gasteiger partial charge on any atom is -0.422 e. The maximum atomic E-state index is 12.8. The molecule has 0 bridgehead atoms.